The van der Waals surface area contributed by atoms with Crippen molar-refractivity contribution < 1.29 is 211 Å². The van der Waals surface area contributed by atoms with Crippen LogP contribution in [0, 0.1) is 56.1 Å². The lowest BCUT2D eigenvalue weighted by Gasteiger charge is -2.71. The minimum Gasteiger partial charge on any atom is -0.461 e. The zero-order valence-corrected chi connectivity index (χ0v) is 79.1. The lowest BCUT2D eigenvalue weighted by molar-refractivity contribution is -0.399. The van der Waals surface area contributed by atoms with Gasteiger partial charge in [-0.05, 0) is 149 Å². The number of aliphatic hydroxyl groups excluding tert-OH is 21. The third-order valence-electron chi connectivity index (χ3n) is 32.9. The fourth-order valence-corrected chi connectivity index (χ4v) is 24.3. The van der Waals surface area contributed by atoms with Crippen molar-refractivity contribution in [3.8, 4) is 0 Å². The van der Waals surface area contributed by atoms with Crippen molar-refractivity contribution in [1.29, 1.82) is 0 Å². The van der Waals surface area contributed by atoms with E-state index in [4.69, 9.17) is 80.5 Å². The molecule has 8 heterocycles. The molecular formula is C94H146FNO42. The topological polar surface area (TPSA) is 662 Å². The van der Waals surface area contributed by atoms with Gasteiger partial charge in [0.25, 0.3) is 5.91 Å². The van der Waals surface area contributed by atoms with Crippen LogP contribution < -0.4 is 5.32 Å². The summed E-state index contributed by atoms with van der Waals surface area (Å²) < 4.78 is 118. The van der Waals surface area contributed by atoms with Gasteiger partial charge in [-0.15, -0.1) is 0 Å². The van der Waals surface area contributed by atoms with Gasteiger partial charge in [0.2, 0.25) is 6.29 Å². The summed E-state index contributed by atoms with van der Waals surface area (Å²) in [6.07, 6.45) is -62.2. The molecule has 0 radical (unpaired) electrons. The summed E-state index contributed by atoms with van der Waals surface area (Å²) in [6.45, 7) is 13.4. The van der Waals surface area contributed by atoms with Crippen LogP contribution >= 0.6 is 0 Å². The van der Waals surface area contributed by atoms with E-state index in [2.05, 4.69) is 46.0 Å². The molecule has 0 spiro atoms. The van der Waals surface area contributed by atoms with Crippen molar-refractivity contribution in [2.45, 2.75) is 430 Å². The number of carbonyl (C=O) groups is 4. The maximum atomic E-state index is 16.2. The largest absolute Gasteiger partial charge is 0.461 e. The van der Waals surface area contributed by atoms with Gasteiger partial charge in [-0.3, -0.25) is 14.4 Å². The lowest BCUT2D eigenvalue weighted by atomic mass is 9.33. The van der Waals surface area contributed by atoms with E-state index >= 15 is 4.79 Å². The van der Waals surface area contributed by atoms with E-state index in [-0.39, 0.29) is 50.7 Å². The summed E-state index contributed by atoms with van der Waals surface area (Å²) in [5.74, 6) is -4.19. The maximum absolute atomic E-state index is 16.2. The van der Waals surface area contributed by atoms with Gasteiger partial charge in [0.05, 0.1) is 62.4 Å². The van der Waals surface area contributed by atoms with Crippen LogP contribution in [0.15, 0.2) is 35.9 Å². The van der Waals surface area contributed by atoms with E-state index < -0.39 is 334 Å². The first-order valence-corrected chi connectivity index (χ1v) is 48.7. The first-order chi connectivity index (χ1) is 65.2. The summed E-state index contributed by atoms with van der Waals surface area (Å²) in [5, 5.41) is 241. The number of allylic oxidation sites excluding steroid dienone is 2. The van der Waals surface area contributed by atoms with Gasteiger partial charge < -0.3 is 198 Å². The number of unbranched alkanes of at least 4 members (excludes halogenated alkanes) is 7. The lowest BCUT2D eigenvalue weighted by Crippen LogP contribution is -2.70. The summed E-state index contributed by atoms with van der Waals surface area (Å²) >= 11 is 0. The molecule has 12 fully saturated rings. The number of rotatable bonds is 33. The molecule has 8 saturated heterocycles. The number of aldehydes is 1. The number of aliphatic hydroxyl groups is 21. The molecule has 138 heavy (non-hydrogen) atoms. The SMILES string of the molecule is C[C@@H]1O[C@@H](O[C@H]2[C@H](O)[C@@H](C(=O)NCCCCCCCCCCC(=O)OCc3ccc(F)cc3)O[C@@H](O[C@H]3CC[C@]4(C)[C@H]5CC=C6[C@@H]7CC(C)(C)CC[C@]7(C(=O)O[C@@H]7O[C@H](C)[C@H](O)[C@H](O)[C@H]7O[C@@H]7O[C@@H](C)[C@H](O[C@@H]8OC[C@@H](O)[C@H](O)[C@H]8O)[C@@H](O[C@@H]8O[C@H](CO)[C@@H](O)[C@H](O[C@@H]9OC[C@@H](O)[C@H](O)[C@H]9O)[C@H]8O)[C@H]7O)[C@H](O)C[C@@]6(C)[C@]5(C)CC[C@H]4[C@]3(C)C=O)[C@@H]2O[C@@H]2O[C@H](CO)[C@H](O)[C@H](O)[C@H]2O)[C@H](O)[C@H](O)[C@H]1O. The summed E-state index contributed by atoms with van der Waals surface area (Å²) in [5.41, 5.74) is -4.61. The van der Waals surface area contributed by atoms with Gasteiger partial charge in [0, 0.05) is 13.0 Å². The minimum absolute atomic E-state index is 0.0209. The Balaban J connectivity index is 0.700. The predicted molar refractivity (Wildman–Crippen MR) is 463 cm³/mol. The van der Waals surface area contributed by atoms with Gasteiger partial charge in [-0.1, -0.05) is 104 Å². The molecule has 5 aliphatic carbocycles. The van der Waals surface area contributed by atoms with Crippen molar-refractivity contribution in [1.82, 2.24) is 5.32 Å². The van der Waals surface area contributed by atoms with Crippen LogP contribution in [0.2, 0.25) is 0 Å². The second-order valence-corrected chi connectivity index (χ2v) is 42.2. The number of hydrogen-bond acceptors (Lipinski definition) is 42. The quantitative estimate of drug-likeness (QED) is 0.0106. The van der Waals surface area contributed by atoms with Crippen molar-refractivity contribution >= 4 is 24.1 Å². The number of hydrogen-bond donors (Lipinski definition) is 22. The molecule has 4 saturated carbocycles. The zero-order valence-electron chi connectivity index (χ0n) is 79.1. The van der Waals surface area contributed by atoms with E-state index in [1.165, 1.54) is 32.9 Å². The maximum Gasteiger partial charge on any atom is 0.317 e. The second kappa shape index (κ2) is 44.7. The smallest absolute Gasteiger partial charge is 0.317 e. The molecule has 0 bridgehead atoms. The predicted octanol–water partition coefficient (Wildman–Crippen LogP) is -3.71. The number of amides is 1. The van der Waals surface area contributed by atoms with Crippen molar-refractivity contribution in [3.05, 3.63) is 47.3 Å². The Morgan fingerprint density at radius 1 is 0.464 bits per heavy atom. The fraction of sp³-hybridized carbons (Fsp3) is 0.872. The first-order valence-electron chi connectivity index (χ1n) is 48.7. The van der Waals surface area contributed by atoms with Crippen LogP contribution in [-0.2, 0) is 106 Å². The first kappa shape index (κ1) is 109. The van der Waals surface area contributed by atoms with Crippen molar-refractivity contribution in [2.24, 2.45) is 50.2 Å². The monoisotopic (exact) mass is 1980 g/mol. The van der Waals surface area contributed by atoms with Crippen molar-refractivity contribution in [2.75, 3.05) is 33.0 Å². The standard InChI is InChI=1S/C94H146FNO42/c1-40-56(104)62(110)67(115)82(125-40)133-74-69(117)76(79(120)96-31-17-15-13-11-10-12-14-16-18-55(103)122-36-43-19-21-44(95)22-20-43)135-87(78(74)137-83-68(116)63(111)60(108)49(34-97)128-83)130-54-26-27-90(6)51(91(54,7)39-99)25-28-92(8)52(90)24-23-45-46-32-89(4,5)29-30-94(46,53(102)33-93(45,92)9)88(121)138-86-77(64(112)57(105)41(2)126-86)136-84-71(119)75(72(42(3)127-84)131-80-65(113)58(106)47(100)37-123-80)134-85-70(118)73(61(109)50(35-98)129-85)132-81-66(114)59(107)48(101)38-124-81/h19-23,39-42,46-54,56-78,80-87,97-98,100-102,104-119H,10-18,24-38H2,1-9H3,(H,96,120)/t40-,41+,42-,46-,47+,48+,49+,50+,51+,52+,53+,54-,56-,57-,58-,59-,60-,61+,62+,63-,64-,65+,66+,67+,68+,69-,70+,71+,72-,73-,74-,75-,76-,77+,78+,80-,81-,82-,83-,84-,85-,86-,87+,90-,91-,92+,93+,94+/m0/s1. The minimum atomic E-state index is -2.24. The second-order valence-electron chi connectivity index (χ2n) is 42.2. The van der Waals surface area contributed by atoms with Crippen LogP contribution in [0.5, 0.6) is 0 Å². The Morgan fingerprint density at radius 2 is 0.971 bits per heavy atom. The third kappa shape index (κ3) is 21.5. The van der Waals surface area contributed by atoms with Crippen LogP contribution in [0.3, 0.4) is 0 Å². The molecule has 1 amide bonds. The number of benzene rings is 1. The van der Waals surface area contributed by atoms with Crippen LogP contribution in [0.1, 0.15) is 183 Å². The molecule has 1 aromatic rings. The van der Waals surface area contributed by atoms with Gasteiger partial charge in [-0.25, -0.2) is 4.39 Å². The number of carbonyl (C=O) groups excluding carboxylic acids is 4. The molecule has 44 heteroatoms. The Kier molecular flexibility index (Phi) is 35.4. The molecule has 13 aliphatic rings. The highest BCUT2D eigenvalue weighted by Gasteiger charge is 2.74. The molecule has 43 nitrogen and oxygen atoms in total. The van der Waals surface area contributed by atoms with Crippen LogP contribution in [0.25, 0.3) is 0 Å². The van der Waals surface area contributed by atoms with E-state index in [9.17, 15) is 126 Å². The average Bonchev–Trinajstić information content (AvgIpc) is 0.667. The van der Waals surface area contributed by atoms with Crippen LogP contribution in [-0.4, -0.2) is 410 Å². The molecule has 48 atom stereocenters. The molecule has 0 aromatic heterocycles. The molecule has 786 valence electrons. The highest BCUT2D eigenvalue weighted by atomic mass is 19.1. The number of esters is 2. The van der Waals surface area contributed by atoms with Crippen LogP contribution in [0.4, 0.5) is 4.39 Å². The molecule has 1 aromatic carbocycles. The highest BCUT2D eigenvalue weighted by Crippen LogP contribution is 2.76. The normalized spacial score (nSPS) is 48.6. The van der Waals surface area contributed by atoms with E-state index in [0.29, 0.717) is 63.4 Å². The Hall–Kier alpha value is -4.47. The van der Waals surface area contributed by atoms with E-state index in [1.54, 1.807) is 19.1 Å². The molecule has 8 aliphatic heterocycles. The zero-order chi connectivity index (χ0) is 100. The van der Waals surface area contributed by atoms with Crippen molar-refractivity contribution in [3.63, 3.8) is 0 Å². The van der Waals surface area contributed by atoms with Gasteiger partial charge in [0.1, 0.15) is 177 Å². The molecule has 14 rings (SSSR count). The van der Waals surface area contributed by atoms with Gasteiger partial charge in [-0.2, -0.15) is 0 Å². The number of fused-ring (bicyclic) bond motifs is 7. The average molecular weight is 1980 g/mol. The Morgan fingerprint density at radius 3 is 1.59 bits per heavy atom. The molecular weight excluding hydrogens is 1830 g/mol. The summed E-state index contributed by atoms with van der Waals surface area (Å²) in [6, 6.07) is 5.69. The van der Waals surface area contributed by atoms with E-state index in [0.717, 1.165) is 44.0 Å². The highest BCUT2D eigenvalue weighted by molar-refractivity contribution is 5.82. The fourth-order valence-electron chi connectivity index (χ4n) is 24.3. The van der Waals surface area contributed by atoms with Gasteiger partial charge >= 0.3 is 11.9 Å². The third-order valence-corrected chi connectivity index (χ3v) is 32.9. The molecule has 0 unspecified atom stereocenters. The summed E-state index contributed by atoms with van der Waals surface area (Å²) in [7, 11) is 0. The number of nitrogens with one attached hydrogen (secondary N) is 1. The van der Waals surface area contributed by atoms with E-state index in [1.807, 2.05) is 0 Å². The Labute approximate surface area is 798 Å². The summed E-state index contributed by atoms with van der Waals surface area (Å²) in [4.78, 5) is 58.1. The molecule has 22 N–H and O–H groups in total. The number of halogens is 1. The Bertz CT molecular complexity index is 4210. The number of ether oxygens (including phenoxy) is 17. The van der Waals surface area contributed by atoms with Gasteiger partial charge in [0.15, 0.2) is 56.2 Å².